The van der Waals surface area contributed by atoms with Gasteiger partial charge in [-0.1, -0.05) is 39.0 Å². The van der Waals surface area contributed by atoms with Crippen molar-refractivity contribution in [1.82, 2.24) is 15.0 Å². The summed E-state index contributed by atoms with van der Waals surface area (Å²) in [4.78, 5) is 12.6. The van der Waals surface area contributed by atoms with E-state index >= 15 is 0 Å². The van der Waals surface area contributed by atoms with Gasteiger partial charge in [-0.25, -0.2) is 9.97 Å². The molecule has 0 amide bonds. The molecule has 2 rings (SSSR count). The predicted molar refractivity (Wildman–Crippen MR) is 122 cm³/mol. The maximum atomic E-state index is 4.96. The second kappa shape index (κ2) is 19.7. The van der Waals surface area contributed by atoms with Gasteiger partial charge in [-0.15, -0.1) is 0 Å². The largest absolute Gasteiger partial charge is 0.337 e. The molecule has 6 heteroatoms. The van der Waals surface area contributed by atoms with Crippen molar-refractivity contribution in [2.75, 3.05) is 0 Å². The molecule has 0 saturated carbocycles. The molecule has 161 valence electrons. The van der Waals surface area contributed by atoms with E-state index in [0.29, 0.717) is 4.64 Å². The summed E-state index contributed by atoms with van der Waals surface area (Å²) in [5.41, 5.74) is 1.63. The first-order chi connectivity index (χ1) is 14.3. The third-order valence-corrected chi connectivity index (χ3v) is 7.65. The van der Waals surface area contributed by atoms with Crippen LogP contribution >= 0.6 is 12.2 Å². The molecule has 2 aromatic heterocycles. The van der Waals surface area contributed by atoms with Crippen LogP contribution in [-0.2, 0) is 26.1 Å². The molecule has 0 aliphatic heterocycles. The van der Waals surface area contributed by atoms with Gasteiger partial charge in [0.1, 0.15) is 0 Å². The zero-order valence-corrected chi connectivity index (χ0v) is 25.1. The van der Waals surface area contributed by atoms with Crippen molar-refractivity contribution >= 4 is 23.4 Å². The number of aromatic amines is 3. The third kappa shape index (κ3) is 14.4. The Morgan fingerprint density at radius 2 is 1.28 bits per heavy atom. The number of hydrogen-bond donors (Lipinski definition) is 2. The molecule has 29 heavy (non-hydrogen) atoms. The van der Waals surface area contributed by atoms with Crippen LogP contribution in [0.1, 0.15) is 110 Å². The van der Waals surface area contributed by atoms with Gasteiger partial charge in [0.25, 0.3) is 0 Å². The van der Waals surface area contributed by atoms with E-state index in [1.54, 1.807) is 16.6 Å². The van der Waals surface area contributed by atoms with Crippen LogP contribution in [-0.4, -0.2) is 15.0 Å². The van der Waals surface area contributed by atoms with E-state index in [2.05, 4.69) is 26.9 Å². The molecular weight excluding hydrogens is 565 g/mol. The van der Waals surface area contributed by atoms with Crippen LogP contribution in [0.5, 0.6) is 0 Å². The SMILES string of the molecule is CCCCCCCCCCCCCCCCC[CH2][Hg].S=c1[nH+]c[nH]c2nc[nH]c12. The molecule has 0 saturated heterocycles. The summed E-state index contributed by atoms with van der Waals surface area (Å²) in [5, 5.41) is 0. The fourth-order valence-corrected chi connectivity index (χ4v) is 5.13. The molecule has 0 radical (unpaired) electrons. The molecule has 0 unspecified atom stereocenters. The number of nitrogens with zero attached hydrogens (tertiary/aromatic N) is 1. The van der Waals surface area contributed by atoms with Crippen molar-refractivity contribution < 1.29 is 31.1 Å². The normalized spacial score (nSPS) is 10.9. The second-order valence-electron chi connectivity index (χ2n) is 8.05. The van der Waals surface area contributed by atoms with Gasteiger partial charge in [0, 0.05) is 0 Å². The topological polar surface area (TPSA) is 58.6 Å². The van der Waals surface area contributed by atoms with Gasteiger partial charge >= 0.3 is 101 Å². The fraction of sp³-hybridized carbons (Fsp3) is 0.783. The zero-order chi connectivity index (χ0) is 21.0. The molecule has 3 N–H and O–H groups in total. The van der Waals surface area contributed by atoms with Gasteiger partial charge in [0.15, 0.2) is 5.52 Å². The number of nitrogens with one attached hydrogen (secondary N) is 3. The summed E-state index contributed by atoms with van der Waals surface area (Å²) in [5.74, 6) is 0. The van der Waals surface area contributed by atoms with Crippen molar-refractivity contribution in [2.45, 2.75) is 114 Å². The van der Waals surface area contributed by atoms with E-state index in [1.807, 2.05) is 0 Å². The maximum Gasteiger partial charge on any atom is 0.249 e. The predicted octanol–water partition coefficient (Wildman–Crippen LogP) is 7.65. The van der Waals surface area contributed by atoms with Crippen molar-refractivity contribution in [3.63, 3.8) is 0 Å². The first kappa shape index (κ1) is 26.7. The molecular formula is C23H42HgN4S+. The van der Waals surface area contributed by atoms with Gasteiger partial charge in [-0.2, -0.15) is 4.98 Å². The molecule has 0 bridgehead atoms. The van der Waals surface area contributed by atoms with Crippen LogP contribution in [0.4, 0.5) is 0 Å². The number of unbranched alkanes of at least 4 members (excludes halogenated alkanes) is 15. The Morgan fingerprint density at radius 3 is 1.72 bits per heavy atom. The summed E-state index contributed by atoms with van der Waals surface area (Å²) in [6, 6.07) is 0. The molecule has 2 aromatic rings. The Kier molecular flexibility index (Phi) is 18.1. The first-order valence-electron chi connectivity index (χ1n) is 12.0. The minimum Gasteiger partial charge on any atom is -0.337 e. The van der Waals surface area contributed by atoms with E-state index in [4.69, 9.17) is 12.2 Å². The maximum absolute atomic E-state index is 4.96. The Morgan fingerprint density at radius 1 is 0.793 bits per heavy atom. The van der Waals surface area contributed by atoms with E-state index < -0.39 is 0 Å². The van der Waals surface area contributed by atoms with Crippen LogP contribution in [0.3, 0.4) is 0 Å². The minimum atomic E-state index is 0.672. The molecule has 0 atom stereocenters. The molecule has 0 fully saturated rings. The number of fused-ring (bicyclic) bond motifs is 1. The van der Waals surface area contributed by atoms with Crippen LogP contribution in [0, 0.1) is 4.64 Å². The number of rotatable bonds is 16. The summed E-state index contributed by atoms with van der Waals surface area (Å²) in [7, 11) is 0. The first-order valence-corrected chi connectivity index (χ1v) is 16.3. The van der Waals surface area contributed by atoms with Crippen LogP contribution in [0.2, 0.25) is 3.93 Å². The average Bonchev–Trinajstić information content (AvgIpc) is 3.22. The second-order valence-corrected chi connectivity index (χ2v) is 11.2. The summed E-state index contributed by atoms with van der Waals surface area (Å²) < 4.78 is 2.24. The Labute approximate surface area is 199 Å². The Balaban J connectivity index is 0.000000345. The smallest absolute Gasteiger partial charge is 0.249 e. The number of imidazole rings is 1. The van der Waals surface area contributed by atoms with Crippen molar-refractivity contribution in [1.29, 1.82) is 0 Å². The van der Waals surface area contributed by atoms with Crippen LogP contribution in [0.15, 0.2) is 12.7 Å². The molecule has 0 aliphatic carbocycles. The van der Waals surface area contributed by atoms with E-state index in [1.165, 1.54) is 103 Å². The van der Waals surface area contributed by atoms with E-state index in [9.17, 15) is 0 Å². The molecule has 2 heterocycles. The van der Waals surface area contributed by atoms with Gasteiger partial charge in [0.2, 0.25) is 16.6 Å². The van der Waals surface area contributed by atoms with Gasteiger partial charge in [0.05, 0.1) is 6.33 Å². The van der Waals surface area contributed by atoms with Crippen LogP contribution in [0.25, 0.3) is 11.2 Å². The van der Waals surface area contributed by atoms with Crippen LogP contribution < -0.4 is 4.98 Å². The van der Waals surface area contributed by atoms with E-state index in [-0.39, 0.29) is 0 Å². The molecule has 4 nitrogen and oxygen atoms in total. The monoisotopic (exact) mass is 608 g/mol. The number of hydrogen-bond acceptors (Lipinski definition) is 2. The quantitative estimate of drug-likeness (QED) is 0.117. The standard InChI is InChI=1S/C18H37.C5H4N4S.Hg/c1-3-5-7-9-11-13-15-17-18-16-14-12-10-8-6-4-2;10-5-3-4(7-1-6-3)8-2-9-5;/h1,3-18H2,2H3;1-2H,(H2,6,7,8,9,10);/p+1. The average molecular weight is 607 g/mol. The summed E-state index contributed by atoms with van der Waals surface area (Å²) in [6.45, 7) is 2.30. The molecule has 0 aromatic carbocycles. The summed E-state index contributed by atoms with van der Waals surface area (Å²) >= 11 is 6.02. The Hall–Kier alpha value is -0.295. The van der Waals surface area contributed by atoms with Gasteiger partial charge in [-0.3, -0.25) is 0 Å². The Bertz CT molecular complexity index is 639. The minimum absolute atomic E-state index is 0.672. The van der Waals surface area contributed by atoms with Crippen molar-refractivity contribution in [3.05, 3.63) is 17.3 Å². The van der Waals surface area contributed by atoms with Crippen molar-refractivity contribution in [3.8, 4) is 0 Å². The van der Waals surface area contributed by atoms with Gasteiger partial charge < -0.3 is 4.98 Å². The number of H-pyrrole nitrogens is 3. The number of aromatic nitrogens is 4. The molecule has 0 aliphatic rings. The third-order valence-electron chi connectivity index (χ3n) is 5.38. The zero-order valence-electron chi connectivity index (χ0n) is 18.7. The molecule has 0 spiro atoms. The summed E-state index contributed by atoms with van der Waals surface area (Å²) in [6.07, 6.45) is 27.1. The van der Waals surface area contributed by atoms with E-state index in [0.717, 1.165) is 37.3 Å². The van der Waals surface area contributed by atoms with Gasteiger partial charge in [-0.05, 0) is 12.2 Å². The fourth-order valence-electron chi connectivity index (χ4n) is 3.54. The van der Waals surface area contributed by atoms with Crippen molar-refractivity contribution in [2.24, 2.45) is 0 Å².